The molecule has 2 aromatic carbocycles. The van der Waals surface area contributed by atoms with Crippen LogP contribution in [0.4, 0.5) is 0 Å². The fourth-order valence-corrected chi connectivity index (χ4v) is 3.15. The van der Waals surface area contributed by atoms with E-state index in [1.54, 1.807) is 6.07 Å². The molecular formula is C22H25N3O3. The second-order valence-corrected chi connectivity index (χ2v) is 6.55. The van der Waals surface area contributed by atoms with Gasteiger partial charge in [0.2, 0.25) is 0 Å². The number of nitrogens with zero attached hydrogens (tertiary/aromatic N) is 3. The van der Waals surface area contributed by atoms with Crippen molar-refractivity contribution in [3.63, 3.8) is 0 Å². The second kappa shape index (κ2) is 10.3. The first kappa shape index (κ1) is 19.7. The number of benzene rings is 2. The van der Waals surface area contributed by atoms with Crippen LogP contribution < -0.4 is 9.47 Å². The summed E-state index contributed by atoms with van der Waals surface area (Å²) in [6.45, 7) is 4.44. The van der Waals surface area contributed by atoms with Crippen molar-refractivity contribution in [3.05, 3.63) is 60.2 Å². The molecule has 1 aliphatic heterocycles. The largest absolute Gasteiger partial charge is 0.490 e. The topological polar surface area (TPSA) is 65.8 Å². The predicted molar refractivity (Wildman–Crippen MR) is 106 cm³/mol. The van der Waals surface area contributed by atoms with E-state index in [-0.39, 0.29) is 5.91 Å². The van der Waals surface area contributed by atoms with Gasteiger partial charge in [-0.15, -0.1) is 0 Å². The van der Waals surface area contributed by atoms with Gasteiger partial charge in [0.15, 0.2) is 0 Å². The van der Waals surface area contributed by atoms with E-state index in [2.05, 4.69) is 11.0 Å². The average molecular weight is 379 g/mol. The highest BCUT2D eigenvalue weighted by molar-refractivity contribution is 5.97. The van der Waals surface area contributed by atoms with Crippen LogP contribution in [0.15, 0.2) is 54.6 Å². The molecule has 1 heterocycles. The molecule has 0 aliphatic carbocycles. The van der Waals surface area contributed by atoms with E-state index < -0.39 is 0 Å². The third kappa shape index (κ3) is 5.48. The fraction of sp³-hybridized carbons (Fsp3) is 0.364. The van der Waals surface area contributed by atoms with Crippen molar-refractivity contribution in [2.45, 2.75) is 6.42 Å². The van der Waals surface area contributed by atoms with Crippen LogP contribution in [0.1, 0.15) is 16.8 Å². The Hall–Kier alpha value is -3.04. The summed E-state index contributed by atoms with van der Waals surface area (Å²) in [5.41, 5.74) is 0.577. The minimum Gasteiger partial charge on any atom is -0.490 e. The normalized spacial score (nSPS) is 14.3. The lowest BCUT2D eigenvalue weighted by molar-refractivity contribution is 0.0634. The van der Waals surface area contributed by atoms with Gasteiger partial charge < -0.3 is 14.4 Å². The Morgan fingerprint density at radius 1 is 0.929 bits per heavy atom. The van der Waals surface area contributed by atoms with Crippen LogP contribution >= 0.6 is 0 Å². The third-order valence-electron chi connectivity index (χ3n) is 4.67. The number of para-hydroxylation sites is 2. The molecule has 2 aromatic rings. The summed E-state index contributed by atoms with van der Waals surface area (Å²) < 4.78 is 11.5. The molecule has 6 heteroatoms. The molecule has 0 atom stereocenters. The van der Waals surface area contributed by atoms with Gasteiger partial charge in [0, 0.05) is 39.1 Å². The summed E-state index contributed by atoms with van der Waals surface area (Å²) in [4.78, 5) is 17.0. The molecule has 0 radical (unpaired) electrons. The highest BCUT2D eigenvalue weighted by atomic mass is 16.5. The molecule has 6 nitrogen and oxygen atoms in total. The molecule has 3 rings (SSSR count). The summed E-state index contributed by atoms with van der Waals surface area (Å²) >= 11 is 0. The standard InChI is InChI=1S/C22H25N3O3/c23-11-6-12-24-13-15-25(16-14-24)22(26)20-9-4-5-10-21(20)28-18-17-27-19-7-2-1-3-8-19/h1-5,7-10H,6,12-18H2. The number of piperazine rings is 1. The summed E-state index contributed by atoms with van der Waals surface area (Å²) in [5.74, 6) is 1.36. The smallest absolute Gasteiger partial charge is 0.257 e. The highest BCUT2D eigenvalue weighted by Crippen LogP contribution is 2.21. The number of carbonyl (C=O) groups is 1. The maximum Gasteiger partial charge on any atom is 0.257 e. The number of nitriles is 1. The molecule has 146 valence electrons. The van der Waals surface area contributed by atoms with Gasteiger partial charge in [0.25, 0.3) is 5.91 Å². The van der Waals surface area contributed by atoms with Gasteiger partial charge in [0.05, 0.1) is 11.6 Å². The lowest BCUT2D eigenvalue weighted by Gasteiger charge is -2.34. The molecule has 0 bridgehead atoms. The van der Waals surface area contributed by atoms with Crippen molar-refractivity contribution < 1.29 is 14.3 Å². The highest BCUT2D eigenvalue weighted by Gasteiger charge is 2.24. The van der Waals surface area contributed by atoms with Crippen LogP contribution in [-0.2, 0) is 0 Å². The first-order valence-electron chi connectivity index (χ1n) is 9.56. The maximum atomic E-state index is 12.9. The summed E-state index contributed by atoms with van der Waals surface area (Å²) in [5, 5.41) is 8.71. The minimum absolute atomic E-state index is 0.0143. The number of rotatable bonds is 8. The Morgan fingerprint density at radius 3 is 2.36 bits per heavy atom. The van der Waals surface area contributed by atoms with E-state index in [0.29, 0.717) is 44.0 Å². The molecule has 0 spiro atoms. The van der Waals surface area contributed by atoms with E-state index in [4.69, 9.17) is 14.7 Å². The van der Waals surface area contributed by atoms with E-state index in [0.717, 1.165) is 25.4 Å². The van der Waals surface area contributed by atoms with Crippen molar-refractivity contribution in [2.24, 2.45) is 0 Å². The summed E-state index contributed by atoms with van der Waals surface area (Å²) in [6, 6.07) is 19.1. The van der Waals surface area contributed by atoms with Gasteiger partial charge in [-0.25, -0.2) is 0 Å². The van der Waals surface area contributed by atoms with Crippen molar-refractivity contribution in [1.82, 2.24) is 9.80 Å². The number of amides is 1. The van der Waals surface area contributed by atoms with Crippen molar-refractivity contribution in [3.8, 4) is 17.6 Å². The zero-order valence-corrected chi connectivity index (χ0v) is 15.9. The van der Waals surface area contributed by atoms with Crippen LogP contribution in [0.3, 0.4) is 0 Å². The van der Waals surface area contributed by atoms with Gasteiger partial charge in [-0.05, 0) is 24.3 Å². The van der Waals surface area contributed by atoms with Crippen LogP contribution in [0.25, 0.3) is 0 Å². The van der Waals surface area contributed by atoms with Crippen LogP contribution in [0.5, 0.6) is 11.5 Å². The molecule has 1 saturated heterocycles. The van der Waals surface area contributed by atoms with E-state index in [1.165, 1.54) is 0 Å². The van der Waals surface area contributed by atoms with Gasteiger partial charge in [0.1, 0.15) is 24.7 Å². The molecule has 0 saturated carbocycles. The lowest BCUT2D eigenvalue weighted by Crippen LogP contribution is -2.48. The molecule has 1 amide bonds. The van der Waals surface area contributed by atoms with Crippen molar-refractivity contribution in [2.75, 3.05) is 45.9 Å². The molecule has 0 N–H and O–H groups in total. The number of ether oxygens (including phenoxy) is 2. The first-order chi connectivity index (χ1) is 13.8. The zero-order valence-electron chi connectivity index (χ0n) is 15.9. The van der Waals surface area contributed by atoms with Crippen molar-refractivity contribution >= 4 is 5.91 Å². The van der Waals surface area contributed by atoms with Crippen LogP contribution in [0.2, 0.25) is 0 Å². The number of hydrogen-bond donors (Lipinski definition) is 0. The van der Waals surface area contributed by atoms with Crippen molar-refractivity contribution in [1.29, 1.82) is 5.26 Å². The minimum atomic E-state index is -0.0143. The Kier molecular flexibility index (Phi) is 7.28. The van der Waals surface area contributed by atoms with E-state index in [9.17, 15) is 4.79 Å². The van der Waals surface area contributed by atoms with Gasteiger partial charge in [-0.1, -0.05) is 30.3 Å². The average Bonchev–Trinajstić information content (AvgIpc) is 2.76. The Balaban J connectivity index is 1.52. The summed E-state index contributed by atoms with van der Waals surface area (Å²) in [6.07, 6.45) is 0.523. The fourth-order valence-electron chi connectivity index (χ4n) is 3.15. The lowest BCUT2D eigenvalue weighted by atomic mass is 10.1. The number of hydrogen-bond acceptors (Lipinski definition) is 5. The quantitative estimate of drug-likeness (QED) is 0.660. The molecular weight excluding hydrogens is 354 g/mol. The van der Waals surface area contributed by atoms with E-state index >= 15 is 0 Å². The predicted octanol–water partition coefficient (Wildman–Crippen LogP) is 2.82. The second-order valence-electron chi connectivity index (χ2n) is 6.55. The molecule has 0 aromatic heterocycles. The van der Waals surface area contributed by atoms with Gasteiger partial charge >= 0.3 is 0 Å². The monoisotopic (exact) mass is 379 g/mol. The summed E-state index contributed by atoms with van der Waals surface area (Å²) in [7, 11) is 0. The molecule has 1 aliphatic rings. The SMILES string of the molecule is N#CCCN1CCN(C(=O)c2ccccc2OCCOc2ccccc2)CC1. The Labute approximate surface area is 165 Å². The number of carbonyl (C=O) groups excluding carboxylic acids is 1. The Morgan fingerprint density at radius 2 is 1.61 bits per heavy atom. The van der Waals surface area contributed by atoms with Crippen LogP contribution in [-0.4, -0.2) is 61.6 Å². The zero-order chi connectivity index (χ0) is 19.6. The molecule has 0 unspecified atom stereocenters. The molecule has 28 heavy (non-hydrogen) atoms. The van der Waals surface area contributed by atoms with Gasteiger partial charge in [-0.2, -0.15) is 5.26 Å². The van der Waals surface area contributed by atoms with Crippen LogP contribution in [0, 0.1) is 11.3 Å². The first-order valence-corrected chi connectivity index (χ1v) is 9.56. The maximum absolute atomic E-state index is 12.9. The van der Waals surface area contributed by atoms with E-state index in [1.807, 2.05) is 53.4 Å². The Bertz CT molecular complexity index is 796. The van der Waals surface area contributed by atoms with Gasteiger partial charge in [-0.3, -0.25) is 9.69 Å². The molecule has 1 fully saturated rings. The third-order valence-corrected chi connectivity index (χ3v) is 4.67.